The Bertz CT molecular complexity index is 5060. The van der Waals surface area contributed by atoms with Crippen molar-refractivity contribution in [3.05, 3.63) is 310 Å². The number of aromatic nitrogens is 1. The molecule has 0 radical (unpaired) electrons. The number of ketones is 4. The van der Waals surface area contributed by atoms with Gasteiger partial charge in [-0.15, -0.1) is 11.3 Å². The number of esters is 1. The molecule has 0 aliphatic heterocycles. The van der Waals surface area contributed by atoms with Crippen LogP contribution in [0.4, 0.5) is 5.69 Å². The minimum absolute atomic E-state index is 0. The molecular formula is C99H110N2O17S. The first kappa shape index (κ1) is 102. The Morgan fingerprint density at radius 2 is 0.655 bits per heavy atom. The number of carboxylic acids is 1. The number of hydrogen-bond donors (Lipinski definition) is 2. The number of carboxylic acid groups (broad SMARTS) is 1. The number of unbranched alkanes of at least 4 members (excludes halogenated alkanes) is 9. The van der Waals surface area contributed by atoms with Gasteiger partial charge in [0.05, 0.1) is 28.0 Å². The SMILES string of the molecule is C.C.C.C.CC(=O)c1cc(N)cc(Oc2ccc(C)cc2)c1.CC(=O)c1cc(Oc2ccc(C)cc2)cc(-c2nc3ccccc3s2)c1.CC(=O)c1cc(Oc2ccc(C)cc2)cc(C(=O)O)c1.CCCCCCCCCCCCOC(=O)c1cc(Oc2ccc(C)cc2)cc(C(C)=O)c1.O=C=O.O=C=O.c1ccc(Oc2ccccc2)cc1. The number of ether oxygens (including phenoxy) is 6. The highest BCUT2D eigenvalue weighted by atomic mass is 32.1. The summed E-state index contributed by atoms with van der Waals surface area (Å²) in [4.78, 5) is 107. The van der Waals surface area contributed by atoms with Crippen molar-refractivity contribution >= 4 is 74.6 Å². The van der Waals surface area contributed by atoms with E-state index in [0.29, 0.717) is 74.6 Å². The molecule has 0 bridgehead atoms. The first-order chi connectivity index (χ1) is 55.3. The first-order valence-corrected chi connectivity index (χ1v) is 38.1. The fraction of sp³-hybridized carbons (Fsp3) is 0.242. The fourth-order valence-electron chi connectivity index (χ4n) is 10.7. The lowest BCUT2D eigenvalue weighted by Gasteiger charge is -2.10. The summed E-state index contributed by atoms with van der Waals surface area (Å²) >= 11 is 1.61. The molecule has 0 fully saturated rings. The summed E-state index contributed by atoms with van der Waals surface area (Å²) in [7, 11) is 0. The van der Waals surface area contributed by atoms with E-state index in [2.05, 4.69) is 13.0 Å². The molecule has 0 atom stereocenters. The molecule has 20 heteroatoms. The summed E-state index contributed by atoms with van der Waals surface area (Å²) in [6.07, 6.45) is 12.8. The van der Waals surface area contributed by atoms with Crippen LogP contribution in [0.2, 0.25) is 0 Å². The third-order valence-electron chi connectivity index (χ3n) is 16.8. The van der Waals surface area contributed by atoms with E-state index in [-0.39, 0.29) is 70.7 Å². The number of carbonyl (C=O) groups is 6. The number of aromatic carboxylic acids is 1. The van der Waals surface area contributed by atoms with Crippen LogP contribution >= 0.6 is 11.3 Å². The Hall–Kier alpha value is -13.5. The number of para-hydroxylation sites is 3. The third-order valence-corrected chi connectivity index (χ3v) is 17.9. The van der Waals surface area contributed by atoms with Crippen molar-refractivity contribution in [1.29, 1.82) is 0 Å². The molecule has 3 N–H and O–H groups in total. The number of Topliss-reactive ketones (excluding diaryl/α,β-unsaturated/α-hetero) is 4. The Morgan fingerprint density at radius 1 is 0.353 bits per heavy atom. The van der Waals surface area contributed by atoms with Crippen molar-refractivity contribution in [1.82, 2.24) is 4.98 Å². The lowest BCUT2D eigenvalue weighted by molar-refractivity contribution is -0.193. The molecule has 0 spiro atoms. The van der Waals surface area contributed by atoms with E-state index in [9.17, 15) is 28.8 Å². The van der Waals surface area contributed by atoms with Crippen LogP contribution in [0.25, 0.3) is 20.8 Å². The van der Waals surface area contributed by atoms with Gasteiger partial charge in [0.25, 0.3) is 0 Å². The second kappa shape index (κ2) is 55.1. The Labute approximate surface area is 704 Å². The molecule has 119 heavy (non-hydrogen) atoms. The maximum absolute atomic E-state index is 12.5. The van der Waals surface area contributed by atoms with Crippen LogP contribution in [0.15, 0.2) is 255 Å². The number of thiazole rings is 1. The Balaban J connectivity index is 0.000000503. The fourth-order valence-corrected chi connectivity index (χ4v) is 11.7. The number of nitrogen functional groups attached to an aromatic ring is 1. The van der Waals surface area contributed by atoms with Gasteiger partial charge in [-0.25, -0.2) is 14.6 Å². The van der Waals surface area contributed by atoms with Crippen LogP contribution in [0.3, 0.4) is 0 Å². The zero-order chi connectivity index (χ0) is 83.4. The van der Waals surface area contributed by atoms with Crippen molar-refractivity contribution in [3.63, 3.8) is 0 Å². The van der Waals surface area contributed by atoms with Crippen molar-refractivity contribution in [2.24, 2.45) is 0 Å². The molecule has 0 aliphatic carbocycles. The molecule has 624 valence electrons. The first-order valence-electron chi connectivity index (χ1n) is 37.3. The summed E-state index contributed by atoms with van der Waals surface area (Å²) in [6.45, 7) is 16.6. The Morgan fingerprint density at radius 3 is 1.03 bits per heavy atom. The van der Waals surface area contributed by atoms with Crippen molar-refractivity contribution in [2.75, 3.05) is 12.3 Å². The van der Waals surface area contributed by atoms with Gasteiger partial charge in [0.1, 0.15) is 62.5 Å². The lowest BCUT2D eigenvalue weighted by atomic mass is 10.1. The van der Waals surface area contributed by atoms with Gasteiger partial charge in [-0.05, 0) is 213 Å². The minimum atomic E-state index is -1.10. The van der Waals surface area contributed by atoms with Gasteiger partial charge in [-0.3, -0.25) is 19.2 Å². The predicted molar refractivity (Wildman–Crippen MR) is 473 cm³/mol. The molecule has 0 saturated heterocycles. The lowest BCUT2D eigenvalue weighted by Crippen LogP contribution is -2.08. The standard InChI is InChI=1S/C28H38O4.C22H17NO2S.C16H14O4.C15H15NO2.C12H10O.2CO2.4CH4/c1-4-5-6-7-8-9-10-11-12-13-18-31-28(30)25-19-24(23(3)29)20-27(21-25)32-26-16-14-22(2)15-17-26;1-14-7-9-18(10-8-14)25-19-12-16(15(2)24)11-17(13-19)22-23-20-5-3-4-6-21(20)26-22;1-10-3-5-14(6-4-10)20-15-8-12(11(2)17)7-13(9-15)16(18)19;1-10-3-5-14(6-4-10)18-15-8-12(11(2)17)7-13(16)9-15;1-3-7-11(8-4-1)13-12-9-5-2-6-10-12;2*2-1-3;;;;/h14-17,19-21H,4-13,18H2,1-3H3;3-13H,1-2H3;3-9H,1-2H3,(H,18,19);3-9H,16H2,1-2H3;1-10H;;;4*1H4. The highest BCUT2D eigenvalue weighted by Gasteiger charge is 2.17. The average Bonchev–Trinajstić information content (AvgIpc) is 1.71. The van der Waals surface area contributed by atoms with Crippen LogP contribution in [0, 0.1) is 27.7 Å². The monoisotopic (exact) mass is 1630 g/mol. The number of nitrogens with two attached hydrogens (primary N) is 1. The van der Waals surface area contributed by atoms with Gasteiger partial charge < -0.3 is 39.3 Å². The van der Waals surface area contributed by atoms with Crippen LogP contribution in [0.1, 0.15) is 213 Å². The molecule has 12 aromatic rings. The summed E-state index contributed by atoms with van der Waals surface area (Å²) in [5.41, 5.74) is 15.0. The number of fused-ring (bicyclic) bond motifs is 1. The van der Waals surface area contributed by atoms with Crippen LogP contribution in [-0.4, -0.2) is 64.1 Å². The quantitative estimate of drug-likeness (QED) is 0.0199. The number of hydrogen-bond acceptors (Lipinski definition) is 19. The van der Waals surface area contributed by atoms with E-state index in [1.54, 1.807) is 72.9 Å². The molecule has 0 unspecified atom stereocenters. The second-order valence-electron chi connectivity index (χ2n) is 26.4. The van der Waals surface area contributed by atoms with E-state index >= 15 is 0 Å². The number of carbonyl (C=O) groups excluding carboxylic acids is 9. The van der Waals surface area contributed by atoms with Gasteiger partial charge in [0.2, 0.25) is 0 Å². The molecule has 11 aromatic carbocycles. The zero-order valence-electron chi connectivity index (χ0n) is 65.9. The number of anilines is 1. The van der Waals surface area contributed by atoms with Gasteiger partial charge >= 0.3 is 24.2 Å². The van der Waals surface area contributed by atoms with E-state index in [1.165, 1.54) is 101 Å². The Kier molecular flexibility index (Phi) is 47.0. The normalized spacial score (nSPS) is 9.66. The second-order valence-corrected chi connectivity index (χ2v) is 27.4. The van der Waals surface area contributed by atoms with Crippen molar-refractivity contribution < 1.29 is 81.5 Å². The van der Waals surface area contributed by atoms with Crippen LogP contribution in [-0.2, 0) is 23.9 Å². The zero-order valence-corrected chi connectivity index (χ0v) is 66.8. The van der Waals surface area contributed by atoms with Gasteiger partial charge in [-0.1, -0.05) is 214 Å². The summed E-state index contributed by atoms with van der Waals surface area (Å²) in [6, 6.07) is 77.8. The van der Waals surface area contributed by atoms with Gasteiger partial charge in [0.15, 0.2) is 23.1 Å². The summed E-state index contributed by atoms with van der Waals surface area (Å²) in [5, 5.41) is 9.93. The largest absolute Gasteiger partial charge is 0.478 e. The molecule has 19 nitrogen and oxygen atoms in total. The number of rotatable bonds is 28. The smallest absolute Gasteiger partial charge is 0.373 e. The number of aryl methyl sites for hydroxylation is 4. The van der Waals surface area contributed by atoms with E-state index in [4.69, 9.17) is 63.4 Å². The maximum Gasteiger partial charge on any atom is 0.373 e. The molecular weight excluding hydrogens is 1520 g/mol. The predicted octanol–water partition coefficient (Wildman–Crippen LogP) is 26.5. The topological polar surface area (TPSA) is 285 Å². The molecule has 1 aromatic heterocycles. The highest BCUT2D eigenvalue weighted by Crippen LogP contribution is 2.36. The molecule has 0 aliphatic rings. The highest BCUT2D eigenvalue weighted by molar-refractivity contribution is 7.21. The summed E-state index contributed by atoms with van der Waals surface area (Å²) < 4.78 is 35.3. The van der Waals surface area contributed by atoms with Gasteiger partial charge in [0, 0.05) is 39.6 Å². The average molecular weight is 1630 g/mol. The van der Waals surface area contributed by atoms with Crippen molar-refractivity contribution in [2.45, 2.75) is 156 Å². The van der Waals surface area contributed by atoms with E-state index in [1.807, 2.05) is 204 Å². The van der Waals surface area contributed by atoms with E-state index in [0.717, 1.165) is 67.8 Å². The minimum Gasteiger partial charge on any atom is -0.478 e. The van der Waals surface area contributed by atoms with Crippen LogP contribution in [0.5, 0.6) is 57.5 Å². The number of nitrogens with zero attached hydrogens (tertiary/aromatic N) is 1. The molecule has 12 rings (SSSR count). The maximum atomic E-state index is 12.5. The molecule has 0 amide bonds. The third kappa shape index (κ3) is 37.8. The molecule has 0 saturated carbocycles. The van der Waals surface area contributed by atoms with E-state index < -0.39 is 11.9 Å². The van der Waals surface area contributed by atoms with Gasteiger partial charge in [-0.2, -0.15) is 19.2 Å². The summed E-state index contributed by atoms with van der Waals surface area (Å²) in [5.74, 6) is 4.57. The van der Waals surface area contributed by atoms with Crippen LogP contribution < -0.4 is 29.4 Å². The van der Waals surface area contributed by atoms with Crippen molar-refractivity contribution in [3.8, 4) is 68.1 Å². The number of benzene rings is 11. The molecule has 1 heterocycles.